The van der Waals surface area contributed by atoms with Gasteiger partial charge in [0.2, 0.25) is 0 Å². The lowest BCUT2D eigenvalue weighted by atomic mass is 9.78. The predicted octanol–water partition coefficient (Wildman–Crippen LogP) is 3.95. The lowest BCUT2D eigenvalue weighted by molar-refractivity contribution is 0.00748. The molecular formula is C17H24O2S. The van der Waals surface area contributed by atoms with Gasteiger partial charge in [-0.1, -0.05) is 6.42 Å². The summed E-state index contributed by atoms with van der Waals surface area (Å²) in [4.78, 5) is 0. The predicted molar refractivity (Wildman–Crippen MR) is 84.6 cm³/mol. The molecule has 3 rings (SSSR count). The number of hydrogen-bond acceptors (Lipinski definition) is 3. The summed E-state index contributed by atoms with van der Waals surface area (Å²) in [6.07, 6.45) is 5.66. The van der Waals surface area contributed by atoms with E-state index in [0.717, 1.165) is 35.3 Å². The van der Waals surface area contributed by atoms with Gasteiger partial charge in [0.1, 0.15) is 5.75 Å². The maximum Gasteiger partial charge on any atom is 0.122 e. The average molecular weight is 292 g/mol. The molecule has 2 aliphatic rings. The Labute approximate surface area is 125 Å². The highest BCUT2D eigenvalue weighted by atomic mass is 32.2. The number of ether oxygens (including phenoxy) is 1. The van der Waals surface area contributed by atoms with E-state index >= 15 is 0 Å². The minimum atomic E-state index is -0.637. The third kappa shape index (κ3) is 2.46. The fourth-order valence-corrected chi connectivity index (χ4v) is 5.74. The largest absolute Gasteiger partial charge is 0.496 e. The Balaban J connectivity index is 1.97. The molecule has 2 bridgehead atoms. The molecule has 2 nitrogen and oxygen atoms in total. The molecule has 1 aromatic carbocycles. The molecule has 3 heteroatoms. The van der Waals surface area contributed by atoms with Gasteiger partial charge in [0.15, 0.2) is 0 Å². The van der Waals surface area contributed by atoms with Gasteiger partial charge in [-0.2, -0.15) is 11.8 Å². The highest BCUT2D eigenvalue weighted by molar-refractivity contribution is 8.00. The molecular weight excluding hydrogens is 268 g/mol. The van der Waals surface area contributed by atoms with Gasteiger partial charge in [0.25, 0.3) is 0 Å². The number of benzene rings is 1. The van der Waals surface area contributed by atoms with Crippen molar-refractivity contribution in [1.29, 1.82) is 0 Å². The van der Waals surface area contributed by atoms with Gasteiger partial charge in [-0.3, -0.25) is 0 Å². The van der Waals surface area contributed by atoms with E-state index in [-0.39, 0.29) is 0 Å². The molecule has 0 amide bonds. The van der Waals surface area contributed by atoms with E-state index in [9.17, 15) is 5.11 Å². The molecule has 0 aromatic heterocycles. The van der Waals surface area contributed by atoms with E-state index in [2.05, 4.69) is 37.7 Å². The molecule has 0 spiro atoms. The Morgan fingerprint density at radius 3 is 2.40 bits per heavy atom. The molecule has 0 saturated carbocycles. The average Bonchev–Trinajstić information content (AvgIpc) is 2.40. The second-order valence-electron chi connectivity index (χ2n) is 6.39. The SMILES string of the molecule is COc1cc(C)c(C2(O)CC3CCCC(C2)S3)cc1C. The van der Waals surface area contributed by atoms with Crippen molar-refractivity contribution in [2.75, 3.05) is 7.11 Å². The van der Waals surface area contributed by atoms with Crippen molar-refractivity contribution in [2.45, 2.75) is 62.1 Å². The Morgan fingerprint density at radius 1 is 1.15 bits per heavy atom. The number of thioether (sulfide) groups is 1. The number of aliphatic hydroxyl groups is 1. The van der Waals surface area contributed by atoms with Gasteiger partial charge in [0.05, 0.1) is 12.7 Å². The van der Waals surface area contributed by atoms with Crippen LogP contribution in [0.2, 0.25) is 0 Å². The van der Waals surface area contributed by atoms with E-state index in [0.29, 0.717) is 10.5 Å². The van der Waals surface area contributed by atoms with E-state index in [1.165, 1.54) is 19.3 Å². The molecule has 0 aliphatic carbocycles. The molecule has 2 fully saturated rings. The first-order valence-corrected chi connectivity index (χ1v) is 8.49. The molecule has 2 unspecified atom stereocenters. The molecule has 2 atom stereocenters. The van der Waals surface area contributed by atoms with Crippen molar-refractivity contribution >= 4 is 11.8 Å². The number of aryl methyl sites for hydroxylation is 2. The zero-order chi connectivity index (χ0) is 14.3. The number of fused-ring (bicyclic) bond motifs is 2. The van der Waals surface area contributed by atoms with Crippen LogP contribution in [0.1, 0.15) is 48.8 Å². The minimum absolute atomic E-state index is 0.634. The quantitative estimate of drug-likeness (QED) is 0.895. The van der Waals surface area contributed by atoms with E-state index in [4.69, 9.17) is 4.74 Å². The lowest BCUT2D eigenvalue weighted by Crippen LogP contribution is -2.41. The van der Waals surface area contributed by atoms with Gasteiger partial charge in [-0.15, -0.1) is 0 Å². The van der Waals surface area contributed by atoms with Crippen molar-refractivity contribution in [3.63, 3.8) is 0 Å². The van der Waals surface area contributed by atoms with Crippen LogP contribution in [0, 0.1) is 13.8 Å². The third-order valence-corrected chi connectivity index (χ3v) is 6.39. The molecule has 2 saturated heterocycles. The number of rotatable bonds is 2. The second-order valence-corrected chi connectivity index (χ2v) is 7.99. The van der Waals surface area contributed by atoms with Crippen molar-refractivity contribution in [3.8, 4) is 5.75 Å². The van der Waals surface area contributed by atoms with Gasteiger partial charge >= 0.3 is 0 Å². The maximum absolute atomic E-state index is 11.3. The molecule has 1 N–H and O–H groups in total. The molecule has 1 aromatic rings. The Morgan fingerprint density at radius 2 is 1.80 bits per heavy atom. The van der Waals surface area contributed by atoms with Crippen LogP contribution >= 0.6 is 11.8 Å². The first-order valence-electron chi connectivity index (χ1n) is 7.55. The molecule has 2 aliphatic heterocycles. The molecule has 20 heavy (non-hydrogen) atoms. The highest BCUT2D eigenvalue weighted by Gasteiger charge is 2.43. The molecule has 0 radical (unpaired) electrons. The van der Waals surface area contributed by atoms with Gasteiger partial charge in [-0.05, 0) is 68.4 Å². The van der Waals surface area contributed by atoms with Gasteiger partial charge in [-0.25, -0.2) is 0 Å². The van der Waals surface area contributed by atoms with Crippen molar-refractivity contribution in [2.24, 2.45) is 0 Å². The Hall–Kier alpha value is -0.670. The normalized spacial score (nSPS) is 33.0. The summed E-state index contributed by atoms with van der Waals surface area (Å²) in [5.41, 5.74) is 2.75. The summed E-state index contributed by atoms with van der Waals surface area (Å²) in [6, 6.07) is 4.21. The summed E-state index contributed by atoms with van der Waals surface area (Å²) in [5, 5.41) is 12.5. The standard InChI is InChI=1S/C17H24O2S/c1-11-8-16(19-3)12(2)7-15(11)17(18)9-13-5-4-6-14(10-17)20-13/h7-8,13-14,18H,4-6,9-10H2,1-3H3. The highest BCUT2D eigenvalue weighted by Crippen LogP contribution is 2.50. The fraction of sp³-hybridized carbons (Fsp3) is 0.647. The Bertz CT molecular complexity index is 500. The maximum atomic E-state index is 11.3. The van der Waals surface area contributed by atoms with Gasteiger partial charge in [0, 0.05) is 10.5 Å². The van der Waals surface area contributed by atoms with Crippen LogP contribution in [0.3, 0.4) is 0 Å². The summed E-state index contributed by atoms with van der Waals surface area (Å²) >= 11 is 2.10. The minimum Gasteiger partial charge on any atom is -0.496 e. The zero-order valence-corrected chi connectivity index (χ0v) is 13.4. The lowest BCUT2D eigenvalue weighted by Gasteiger charge is -2.44. The van der Waals surface area contributed by atoms with Crippen molar-refractivity contribution in [1.82, 2.24) is 0 Å². The van der Waals surface area contributed by atoms with Crippen LogP contribution in [0.25, 0.3) is 0 Å². The monoisotopic (exact) mass is 292 g/mol. The second kappa shape index (κ2) is 5.27. The zero-order valence-electron chi connectivity index (χ0n) is 12.6. The van der Waals surface area contributed by atoms with Crippen LogP contribution in [0.5, 0.6) is 5.75 Å². The smallest absolute Gasteiger partial charge is 0.122 e. The first-order chi connectivity index (χ1) is 9.51. The number of hydrogen-bond donors (Lipinski definition) is 1. The fourth-order valence-electron chi connectivity index (χ4n) is 3.85. The molecule has 2 heterocycles. The van der Waals surface area contributed by atoms with Crippen LogP contribution < -0.4 is 4.74 Å². The number of methoxy groups -OCH3 is 1. The topological polar surface area (TPSA) is 29.5 Å². The molecule has 110 valence electrons. The van der Waals surface area contributed by atoms with Crippen LogP contribution in [0.4, 0.5) is 0 Å². The van der Waals surface area contributed by atoms with E-state index < -0.39 is 5.60 Å². The summed E-state index contributed by atoms with van der Waals surface area (Å²) in [7, 11) is 1.71. The third-order valence-electron chi connectivity index (χ3n) is 4.81. The summed E-state index contributed by atoms with van der Waals surface area (Å²) < 4.78 is 5.39. The van der Waals surface area contributed by atoms with E-state index in [1.807, 2.05) is 0 Å². The van der Waals surface area contributed by atoms with Crippen molar-refractivity contribution < 1.29 is 9.84 Å². The Kier molecular flexibility index (Phi) is 3.76. The first kappa shape index (κ1) is 14.3. The summed E-state index contributed by atoms with van der Waals surface area (Å²) in [6.45, 7) is 4.15. The summed E-state index contributed by atoms with van der Waals surface area (Å²) in [5.74, 6) is 0.917. The van der Waals surface area contributed by atoms with E-state index in [1.54, 1.807) is 7.11 Å². The van der Waals surface area contributed by atoms with Crippen LogP contribution in [0.15, 0.2) is 12.1 Å². The van der Waals surface area contributed by atoms with Crippen molar-refractivity contribution in [3.05, 3.63) is 28.8 Å². The van der Waals surface area contributed by atoms with Crippen LogP contribution in [-0.2, 0) is 5.60 Å². The van der Waals surface area contributed by atoms with Crippen LogP contribution in [-0.4, -0.2) is 22.7 Å². The van der Waals surface area contributed by atoms with Gasteiger partial charge < -0.3 is 9.84 Å².